The number of nitrogens with zero attached hydrogens (tertiary/aromatic N) is 2. The number of unbranched alkanes of at least 4 members (excludes halogenated alkanes) is 3. The van der Waals surface area contributed by atoms with E-state index in [1.165, 1.54) is 0 Å². The van der Waals surface area contributed by atoms with Gasteiger partial charge in [-0.3, -0.25) is 4.79 Å². The summed E-state index contributed by atoms with van der Waals surface area (Å²) in [6.07, 6.45) is 7.72. The summed E-state index contributed by atoms with van der Waals surface area (Å²) in [4.78, 5) is 24.9. The van der Waals surface area contributed by atoms with Gasteiger partial charge < -0.3 is 9.64 Å². The molecular weight excluding hydrogens is 268 g/mol. The quantitative estimate of drug-likeness (QED) is 0.298. The second-order valence-corrected chi connectivity index (χ2v) is 5.33. The molecule has 0 saturated carbocycles. The second-order valence-electron chi connectivity index (χ2n) is 5.33. The number of likely N-dealkylation sites (tertiary alicyclic amines) is 1. The van der Waals surface area contributed by atoms with Gasteiger partial charge in [-0.05, 0) is 32.1 Å². The summed E-state index contributed by atoms with van der Waals surface area (Å²) in [5, 5.41) is 8.46. The van der Waals surface area contributed by atoms with E-state index in [2.05, 4.69) is 6.58 Å². The molecule has 5 heteroatoms. The average molecular weight is 292 g/mol. The zero-order valence-corrected chi connectivity index (χ0v) is 12.6. The molecule has 0 N–H and O–H groups in total. The van der Waals surface area contributed by atoms with Gasteiger partial charge in [-0.25, -0.2) is 4.79 Å². The minimum atomic E-state index is -0.632. The molecule has 0 aliphatic carbocycles. The van der Waals surface area contributed by atoms with E-state index >= 15 is 0 Å². The first-order valence-corrected chi connectivity index (χ1v) is 7.69. The highest BCUT2D eigenvalue weighted by Gasteiger charge is 2.15. The molecule has 0 aromatic heterocycles. The molecule has 0 spiro atoms. The second kappa shape index (κ2) is 9.98. The van der Waals surface area contributed by atoms with Crippen LogP contribution in [-0.4, -0.2) is 36.5 Å². The molecule has 0 bridgehead atoms. The third-order valence-electron chi connectivity index (χ3n) is 3.61. The number of esters is 1. The fraction of sp³-hybridized carbons (Fsp3) is 0.688. The molecule has 0 unspecified atom stereocenters. The number of hydrogen-bond acceptors (Lipinski definition) is 4. The standard InChI is InChI=1S/C16H24N2O3/c1-14(13-17)16(20)21-12-8-3-2-6-10-18-11-7-4-5-9-15(18)19/h1-12H2. The molecular formula is C16H24N2O3. The number of hydrogen-bond donors (Lipinski definition) is 0. The highest BCUT2D eigenvalue weighted by molar-refractivity contribution is 5.91. The number of amides is 1. The smallest absolute Gasteiger partial charge is 0.348 e. The van der Waals surface area contributed by atoms with Gasteiger partial charge in [0.25, 0.3) is 0 Å². The van der Waals surface area contributed by atoms with Crippen LogP contribution in [-0.2, 0) is 14.3 Å². The third kappa shape index (κ3) is 6.94. The monoisotopic (exact) mass is 292 g/mol. The fourth-order valence-electron chi connectivity index (χ4n) is 2.33. The van der Waals surface area contributed by atoms with Crippen LogP contribution in [0.5, 0.6) is 0 Å². The van der Waals surface area contributed by atoms with E-state index in [1.54, 1.807) is 6.07 Å². The lowest BCUT2D eigenvalue weighted by atomic mass is 10.2. The van der Waals surface area contributed by atoms with E-state index < -0.39 is 5.97 Å². The fourth-order valence-corrected chi connectivity index (χ4v) is 2.33. The molecule has 1 aliphatic rings. The maximum absolute atomic E-state index is 11.8. The Labute approximate surface area is 126 Å². The van der Waals surface area contributed by atoms with Crippen LogP contribution in [0, 0.1) is 11.3 Å². The summed E-state index contributed by atoms with van der Waals surface area (Å²) in [6, 6.07) is 1.67. The van der Waals surface area contributed by atoms with Crippen LogP contribution in [0.15, 0.2) is 12.2 Å². The lowest BCUT2D eigenvalue weighted by Crippen LogP contribution is -2.31. The van der Waals surface area contributed by atoms with Crippen molar-refractivity contribution >= 4 is 11.9 Å². The van der Waals surface area contributed by atoms with Gasteiger partial charge in [0.15, 0.2) is 0 Å². The lowest BCUT2D eigenvalue weighted by molar-refractivity contribution is -0.138. The maximum atomic E-state index is 11.8. The number of ether oxygens (including phenoxy) is 1. The molecule has 0 aromatic carbocycles. The first-order valence-electron chi connectivity index (χ1n) is 7.69. The van der Waals surface area contributed by atoms with E-state index in [0.717, 1.165) is 58.0 Å². The van der Waals surface area contributed by atoms with Crippen molar-refractivity contribution in [2.45, 2.75) is 51.4 Å². The summed E-state index contributed by atoms with van der Waals surface area (Å²) in [6.45, 7) is 5.35. The number of carbonyl (C=O) groups is 2. The Kier molecular flexibility index (Phi) is 8.18. The van der Waals surface area contributed by atoms with Crippen LogP contribution in [0.4, 0.5) is 0 Å². The van der Waals surface area contributed by atoms with Crippen LogP contribution in [0.2, 0.25) is 0 Å². The van der Waals surface area contributed by atoms with Crippen molar-refractivity contribution in [3.8, 4) is 6.07 Å². The molecule has 0 atom stereocenters. The molecule has 1 saturated heterocycles. The summed E-state index contributed by atoms with van der Waals surface area (Å²) < 4.78 is 4.90. The van der Waals surface area contributed by atoms with E-state index in [9.17, 15) is 9.59 Å². The van der Waals surface area contributed by atoms with Crippen LogP contribution < -0.4 is 0 Å². The lowest BCUT2D eigenvalue weighted by Gasteiger charge is -2.20. The predicted molar refractivity (Wildman–Crippen MR) is 79.2 cm³/mol. The Bertz CT molecular complexity index is 412. The van der Waals surface area contributed by atoms with Crippen molar-refractivity contribution in [1.82, 2.24) is 4.90 Å². The molecule has 1 aliphatic heterocycles. The first-order chi connectivity index (χ1) is 10.1. The van der Waals surface area contributed by atoms with Gasteiger partial charge in [0, 0.05) is 19.5 Å². The topological polar surface area (TPSA) is 70.4 Å². The van der Waals surface area contributed by atoms with Gasteiger partial charge in [0.1, 0.15) is 11.6 Å². The molecule has 1 fully saturated rings. The molecule has 0 radical (unpaired) electrons. The van der Waals surface area contributed by atoms with Crippen LogP contribution in [0.3, 0.4) is 0 Å². The maximum Gasteiger partial charge on any atom is 0.348 e. The Hall–Kier alpha value is -1.83. The van der Waals surface area contributed by atoms with Crippen molar-refractivity contribution in [3.05, 3.63) is 12.2 Å². The summed E-state index contributed by atoms with van der Waals surface area (Å²) in [5.41, 5.74) is -0.158. The van der Waals surface area contributed by atoms with Gasteiger partial charge in [0.2, 0.25) is 5.91 Å². The van der Waals surface area contributed by atoms with Crippen molar-refractivity contribution in [1.29, 1.82) is 5.26 Å². The van der Waals surface area contributed by atoms with Gasteiger partial charge >= 0.3 is 5.97 Å². The molecule has 21 heavy (non-hydrogen) atoms. The summed E-state index contributed by atoms with van der Waals surface area (Å²) >= 11 is 0. The molecule has 0 aromatic rings. The molecule has 1 rings (SSSR count). The summed E-state index contributed by atoms with van der Waals surface area (Å²) in [5.74, 6) is -0.343. The van der Waals surface area contributed by atoms with Crippen molar-refractivity contribution in [2.75, 3.05) is 19.7 Å². The van der Waals surface area contributed by atoms with Crippen LogP contribution >= 0.6 is 0 Å². The Morgan fingerprint density at radius 2 is 2.00 bits per heavy atom. The van der Waals surface area contributed by atoms with Crippen molar-refractivity contribution in [2.24, 2.45) is 0 Å². The molecule has 1 heterocycles. The number of nitriles is 1. The molecule has 1 amide bonds. The van der Waals surface area contributed by atoms with Crippen LogP contribution in [0.25, 0.3) is 0 Å². The minimum absolute atomic E-state index is 0.158. The first kappa shape index (κ1) is 17.2. The minimum Gasteiger partial charge on any atom is -0.462 e. The highest BCUT2D eigenvalue weighted by Crippen LogP contribution is 2.12. The molecule has 116 valence electrons. The normalized spacial score (nSPS) is 15.2. The average Bonchev–Trinajstić information content (AvgIpc) is 2.70. The Morgan fingerprint density at radius 1 is 1.24 bits per heavy atom. The van der Waals surface area contributed by atoms with E-state index in [4.69, 9.17) is 10.00 Å². The Morgan fingerprint density at radius 3 is 2.76 bits per heavy atom. The van der Waals surface area contributed by atoms with E-state index in [1.807, 2.05) is 4.90 Å². The van der Waals surface area contributed by atoms with Crippen LogP contribution in [0.1, 0.15) is 51.4 Å². The summed E-state index contributed by atoms with van der Waals surface area (Å²) in [7, 11) is 0. The van der Waals surface area contributed by atoms with Gasteiger partial charge in [-0.1, -0.05) is 19.4 Å². The van der Waals surface area contributed by atoms with Gasteiger partial charge in [-0.15, -0.1) is 0 Å². The largest absolute Gasteiger partial charge is 0.462 e. The Balaban J connectivity index is 2.02. The zero-order valence-electron chi connectivity index (χ0n) is 12.6. The highest BCUT2D eigenvalue weighted by atomic mass is 16.5. The zero-order chi connectivity index (χ0) is 15.5. The third-order valence-corrected chi connectivity index (χ3v) is 3.61. The van der Waals surface area contributed by atoms with E-state index in [0.29, 0.717) is 13.0 Å². The van der Waals surface area contributed by atoms with Gasteiger partial charge in [-0.2, -0.15) is 5.26 Å². The van der Waals surface area contributed by atoms with E-state index in [-0.39, 0.29) is 11.5 Å². The van der Waals surface area contributed by atoms with Crippen molar-refractivity contribution in [3.63, 3.8) is 0 Å². The number of carbonyl (C=O) groups excluding carboxylic acids is 2. The predicted octanol–water partition coefficient (Wildman–Crippen LogP) is 2.57. The number of rotatable bonds is 8. The molecule has 5 nitrogen and oxygen atoms in total. The van der Waals surface area contributed by atoms with Crippen molar-refractivity contribution < 1.29 is 14.3 Å². The van der Waals surface area contributed by atoms with Gasteiger partial charge in [0.05, 0.1) is 6.61 Å². The SMILES string of the molecule is C=C(C#N)C(=O)OCCCCCCN1CCCCCC1=O.